The highest BCUT2D eigenvalue weighted by atomic mass is 16.5. The summed E-state index contributed by atoms with van der Waals surface area (Å²) in [5, 5.41) is 12.6. The molecular formula is C16H20N2O3. The third-order valence-electron chi connectivity index (χ3n) is 3.31. The average Bonchev–Trinajstić information content (AvgIpc) is 2.53. The summed E-state index contributed by atoms with van der Waals surface area (Å²) in [6.45, 7) is 2.67. The Hall–Kier alpha value is -2.27. The van der Waals surface area contributed by atoms with E-state index in [2.05, 4.69) is 17.2 Å². The van der Waals surface area contributed by atoms with Gasteiger partial charge in [0.1, 0.15) is 17.2 Å². The van der Waals surface area contributed by atoms with E-state index in [4.69, 9.17) is 9.47 Å². The normalized spacial score (nSPS) is 12.0. The standard InChI is InChI=1S/C16H20N2O3/c1-11(17-9-12-4-5-13(19)10-18-12)15-7-6-14(20-2)8-16(15)21-3/h4-8,10-11,17,19H,9H2,1-3H3. The number of hydrogen-bond acceptors (Lipinski definition) is 5. The van der Waals surface area contributed by atoms with Gasteiger partial charge >= 0.3 is 0 Å². The van der Waals surface area contributed by atoms with Crippen LogP contribution in [0.3, 0.4) is 0 Å². The van der Waals surface area contributed by atoms with Gasteiger partial charge in [-0.25, -0.2) is 0 Å². The lowest BCUT2D eigenvalue weighted by Gasteiger charge is -2.18. The summed E-state index contributed by atoms with van der Waals surface area (Å²) in [4.78, 5) is 4.15. The summed E-state index contributed by atoms with van der Waals surface area (Å²) in [7, 11) is 3.28. The van der Waals surface area contributed by atoms with E-state index in [-0.39, 0.29) is 11.8 Å². The van der Waals surface area contributed by atoms with Crippen LogP contribution in [0.25, 0.3) is 0 Å². The maximum absolute atomic E-state index is 9.22. The molecule has 1 unspecified atom stereocenters. The molecule has 0 aliphatic carbocycles. The first kappa shape index (κ1) is 15.1. The molecule has 0 spiro atoms. The van der Waals surface area contributed by atoms with Crippen LogP contribution in [-0.2, 0) is 6.54 Å². The van der Waals surface area contributed by atoms with Crippen LogP contribution in [0.15, 0.2) is 36.5 Å². The highest BCUT2D eigenvalue weighted by molar-refractivity contribution is 5.42. The molecule has 0 fully saturated rings. The van der Waals surface area contributed by atoms with Crippen molar-refractivity contribution in [2.24, 2.45) is 0 Å². The molecule has 1 aromatic heterocycles. The predicted molar refractivity (Wildman–Crippen MR) is 80.7 cm³/mol. The van der Waals surface area contributed by atoms with Crippen LogP contribution in [0.2, 0.25) is 0 Å². The van der Waals surface area contributed by atoms with Gasteiger partial charge in [-0.15, -0.1) is 0 Å². The molecule has 0 radical (unpaired) electrons. The molecule has 2 rings (SSSR count). The van der Waals surface area contributed by atoms with Crippen molar-refractivity contribution in [1.29, 1.82) is 0 Å². The molecule has 2 aromatic rings. The van der Waals surface area contributed by atoms with Crippen molar-refractivity contribution >= 4 is 0 Å². The molecule has 1 heterocycles. The summed E-state index contributed by atoms with van der Waals surface area (Å²) < 4.78 is 10.6. The minimum atomic E-state index is 0.0986. The second kappa shape index (κ2) is 6.95. The molecule has 0 saturated heterocycles. The van der Waals surface area contributed by atoms with Crippen LogP contribution in [0, 0.1) is 0 Å². The number of methoxy groups -OCH3 is 2. The molecule has 0 amide bonds. The number of ether oxygens (including phenoxy) is 2. The third-order valence-corrected chi connectivity index (χ3v) is 3.31. The van der Waals surface area contributed by atoms with Crippen molar-refractivity contribution < 1.29 is 14.6 Å². The van der Waals surface area contributed by atoms with Crippen molar-refractivity contribution in [2.75, 3.05) is 14.2 Å². The molecule has 1 atom stereocenters. The summed E-state index contributed by atoms with van der Waals surface area (Å²) >= 11 is 0. The van der Waals surface area contributed by atoms with Crippen molar-refractivity contribution in [3.8, 4) is 17.2 Å². The van der Waals surface area contributed by atoms with Gasteiger partial charge < -0.3 is 19.9 Å². The topological polar surface area (TPSA) is 63.6 Å². The fourth-order valence-corrected chi connectivity index (χ4v) is 2.07. The summed E-state index contributed by atoms with van der Waals surface area (Å²) in [6, 6.07) is 9.28. The van der Waals surface area contributed by atoms with Crippen LogP contribution >= 0.6 is 0 Å². The molecule has 0 aliphatic rings. The number of nitrogens with zero attached hydrogens (tertiary/aromatic N) is 1. The Morgan fingerprint density at radius 1 is 1.19 bits per heavy atom. The summed E-state index contributed by atoms with van der Waals surface area (Å²) in [6.07, 6.45) is 1.44. The third kappa shape index (κ3) is 3.86. The van der Waals surface area contributed by atoms with Gasteiger partial charge in [-0.05, 0) is 25.1 Å². The van der Waals surface area contributed by atoms with Crippen molar-refractivity contribution in [2.45, 2.75) is 19.5 Å². The van der Waals surface area contributed by atoms with Crippen LogP contribution in [0.4, 0.5) is 0 Å². The zero-order valence-corrected chi connectivity index (χ0v) is 12.5. The lowest BCUT2D eigenvalue weighted by atomic mass is 10.1. The largest absolute Gasteiger partial charge is 0.506 e. The number of rotatable bonds is 6. The zero-order valence-electron chi connectivity index (χ0n) is 12.5. The van der Waals surface area contributed by atoms with Crippen molar-refractivity contribution in [1.82, 2.24) is 10.3 Å². The van der Waals surface area contributed by atoms with E-state index >= 15 is 0 Å². The van der Waals surface area contributed by atoms with Crippen molar-refractivity contribution in [3.05, 3.63) is 47.8 Å². The number of hydrogen-bond donors (Lipinski definition) is 2. The summed E-state index contributed by atoms with van der Waals surface area (Å²) in [5.74, 6) is 1.72. The fourth-order valence-electron chi connectivity index (χ4n) is 2.07. The average molecular weight is 288 g/mol. The Morgan fingerprint density at radius 2 is 2.00 bits per heavy atom. The van der Waals surface area contributed by atoms with E-state index in [1.807, 2.05) is 18.2 Å². The van der Waals surface area contributed by atoms with Gasteiger partial charge in [0.05, 0.1) is 26.1 Å². The molecule has 5 nitrogen and oxygen atoms in total. The highest BCUT2D eigenvalue weighted by Gasteiger charge is 2.12. The second-order valence-electron chi connectivity index (χ2n) is 4.72. The number of nitrogens with one attached hydrogen (secondary N) is 1. The number of aromatic hydroxyl groups is 1. The number of pyridine rings is 1. The lowest BCUT2D eigenvalue weighted by molar-refractivity contribution is 0.385. The molecule has 5 heteroatoms. The van der Waals surface area contributed by atoms with Crippen molar-refractivity contribution in [3.63, 3.8) is 0 Å². The minimum Gasteiger partial charge on any atom is -0.506 e. The van der Waals surface area contributed by atoms with Gasteiger partial charge in [0.15, 0.2) is 0 Å². The van der Waals surface area contributed by atoms with Gasteiger partial charge in [0, 0.05) is 24.2 Å². The van der Waals surface area contributed by atoms with Gasteiger partial charge in [-0.1, -0.05) is 6.07 Å². The van der Waals surface area contributed by atoms with Crippen LogP contribution in [-0.4, -0.2) is 24.3 Å². The highest BCUT2D eigenvalue weighted by Crippen LogP contribution is 2.29. The molecule has 0 bridgehead atoms. The zero-order chi connectivity index (χ0) is 15.2. The molecule has 0 saturated carbocycles. The van der Waals surface area contributed by atoms with Gasteiger partial charge in [0.2, 0.25) is 0 Å². The van der Waals surface area contributed by atoms with E-state index in [0.717, 1.165) is 22.8 Å². The Balaban J connectivity index is 2.05. The SMILES string of the molecule is COc1ccc(C(C)NCc2ccc(O)cn2)c(OC)c1. The Bertz CT molecular complexity index is 585. The maximum Gasteiger partial charge on any atom is 0.133 e. The van der Waals surface area contributed by atoms with Crippen LogP contribution < -0.4 is 14.8 Å². The van der Waals surface area contributed by atoms with Crippen LogP contribution in [0.5, 0.6) is 17.2 Å². The number of benzene rings is 1. The second-order valence-corrected chi connectivity index (χ2v) is 4.72. The quantitative estimate of drug-likeness (QED) is 0.855. The Morgan fingerprint density at radius 3 is 2.62 bits per heavy atom. The van der Waals surface area contributed by atoms with Gasteiger partial charge in [-0.2, -0.15) is 0 Å². The van der Waals surface area contributed by atoms with E-state index in [1.54, 1.807) is 26.4 Å². The van der Waals surface area contributed by atoms with Gasteiger partial charge in [-0.3, -0.25) is 4.98 Å². The van der Waals surface area contributed by atoms with E-state index in [1.165, 1.54) is 6.20 Å². The first-order chi connectivity index (χ1) is 10.1. The lowest BCUT2D eigenvalue weighted by Crippen LogP contribution is -2.19. The first-order valence-electron chi connectivity index (χ1n) is 6.73. The Kier molecular flexibility index (Phi) is 5.00. The molecule has 2 N–H and O–H groups in total. The molecule has 0 aliphatic heterocycles. The smallest absolute Gasteiger partial charge is 0.133 e. The van der Waals surface area contributed by atoms with Gasteiger partial charge in [0.25, 0.3) is 0 Å². The monoisotopic (exact) mass is 288 g/mol. The number of aromatic nitrogens is 1. The molecule has 112 valence electrons. The van der Waals surface area contributed by atoms with Crippen LogP contribution in [0.1, 0.15) is 24.2 Å². The summed E-state index contributed by atoms with van der Waals surface area (Å²) in [5.41, 5.74) is 1.92. The molecular weight excluding hydrogens is 268 g/mol. The first-order valence-corrected chi connectivity index (χ1v) is 6.73. The predicted octanol–water partition coefficient (Wildman–Crippen LogP) is 2.66. The minimum absolute atomic E-state index is 0.0986. The van der Waals surface area contributed by atoms with E-state index in [9.17, 15) is 5.11 Å². The molecule has 21 heavy (non-hydrogen) atoms. The molecule has 1 aromatic carbocycles. The maximum atomic E-state index is 9.22. The Labute approximate surface area is 124 Å². The fraction of sp³-hybridized carbons (Fsp3) is 0.312. The van der Waals surface area contributed by atoms with E-state index in [0.29, 0.717) is 6.54 Å². The van der Waals surface area contributed by atoms with E-state index < -0.39 is 0 Å².